The molecule has 7 heteroatoms. The molecule has 1 aromatic rings. The largest absolute Gasteiger partial charge is 0.449 e. The van der Waals surface area contributed by atoms with Gasteiger partial charge in [-0.3, -0.25) is 9.59 Å². The monoisotopic (exact) mass is 506 g/mol. The quantitative estimate of drug-likeness (QED) is 0.542. The van der Waals surface area contributed by atoms with Crippen LogP contribution in [-0.4, -0.2) is 29.9 Å². The fourth-order valence-corrected chi connectivity index (χ4v) is 8.43. The van der Waals surface area contributed by atoms with E-state index in [2.05, 4.69) is 22.9 Å². The maximum absolute atomic E-state index is 14.0. The summed E-state index contributed by atoms with van der Waals surface area (Å²) in [6.07, 6.45) is 6.64. The number of rotatable bonds is 3. The van der Waals surface area contributed by atoms with E-state index in [9.17, 15) is 14.0 Å². The van der Waals surface area contributed by atoms with Gasteiger partial charge >= 0.3 is 0 Å². The summed E-state index contributed by atoms with van der Waals surface area (Å²) in [5.74, 6) is 1.93. The standard InChI is InChI=1S/C25H28BrFO5/c1-24-9-8-16-15-5-3-14(28)10-13(15)2-4-17(16)18(24)11-21-25(24,20(29)12-27)32-23(31-21)19-6-7-22(26)30-19/h6-7,10,15-18,21,23H,2-5,8-9,11-12H2,1H3/t15-,16+,17+,18-,21+,23+,24-,25+/m0/s1. The van der Waals surface area contributed by atoms with Gasteiger partial charge in [-0.25, -0.2) is 4.39 Å². The van der Waals surface area contributed by atoms with Crippen molar-refractivity contribution in [3.05, 3.63) is 34.2 Å². The number of Topliss-reactive ketones (excluding diaryl/α,β-unsaturated/α-hetero) is 1. The Morgan fingerprint density at radius 2 is 2.06 bits per heavy atom. The van der Waals surface area contributed by atoms with Crippen molar-refractivity contribution in [3.63, 3.8) is 0 Å². The Balaban J connectivity index is 1.35. The zero-order valence-electron chi connectivity index (χ0n) is 18.2. The topological polar surface area (TPSA) is 65.7 Å². The van der Waals surface area contributed by atoms with Crippen LogP contribution in [0, 0.1) is 29.1 Å². The van der Waals surface area contributed by atoms with E-state index < -0.39 is 35.9 Å². The lowest BCUT2D eigenvalue weighted by molar-refractivity contribution is -0.187. The van der Waals surface area contributed by atoms with Gasteiger partial charge in [0.15, 0.2) is 34.3 Å². The van der Waals surface area contributed by atoms with E-state index in [1.54, 1.807) is 12.1 Å². The highest BCUT2D eigenvalue weighted by molar-refractivity contribution is 9.10. The SMILES string of the molecule is C[C@]12CC[C@H]3[C@@H](CCC4=CC(=O)CC[C@@H]43)[C@@H]1C[C@H]1O[C@@H](c3ccc(Br)o3)O[C@]12C(=O)CF. The Morgan fingerprint density at radius 3 is 2.81 bits per heavy atom. The molecule has 0 bridgehead atoms. The molecule has 6 rings (SSSR count). The highest BCUT2D eigenvalue weighted by atomic mass is 79.9. The van der Waals surface area contributed by atoms with Crippen LogP contribution in [0.15, 0.2) is 32.9 Å². The first-order valence-corrected chi connectivity index (χ1v) is 12.6. The smallest absolute Gasteiger partial charge is 0.218 e. The summed E-state index contributed by atoms with van der Waals surface area (Å²) in [4.78, 5) is 25.2. The molecule has 1 aliphatic heterocycles. The fourth-order valence-electron chi connectivity index (χ4n) is 8.11. The third-order valence-corrected chi connectivity index (χ3v) is 9.83. The van der Waals surface area contributed by atoms with Crippen LogP contribution in [0.1, 0.15) is 63.9 Å². The molecule has 2 heterocycles. The molecule has 0 radical (unpaired) electrons. The number of fused-ring (bicyclic) bond motifs is 7. The normalized spacial score (nSPS) is 45.0. The summed E-state index contributed by atoms with van der Waals surface area (Å²) in [5.41, 5.74) is -0.429. The molecular formula is C25H28BrFO5. The molecule has 1 aromatic heterocycles. The van der Waals surface area contributed by atoms with Gasteiger partial charge < -0.3 is 13.9 Å². The zero-order valence-corrected chi connectivity index (χ0v) is 19.7. The first-order valence-electron chi connectivity index (χ1n) is 11.8. The third-order valence-electron chi connectivity index (χ3n) is 9.40. The van der Waals surface area contributed by atoms with Gasteiger partial charge in [0.2, 0.25) is 6.29 Å². The number of alkyl halides is 1. The van der Waals surface area contributed by atoms with Gasteiger partial charge in [-0.05, 0) is 96.3 Å². The Kier molecular flexibility index (Phi) is 4.87. The second-order valence-corrected chi connectivity index (χ2v) is 11.3. The van der Waals surface area contributed by atoms with Crippen LogP contribution in [0.2, 0.25) is 0 Å². The molecule has 0 unspecified atom stereocenters. The molecule has 0 aromatic carbocycles. The number of allylic oxidation sites excluding steroid dienone is 1. The Bertz CT molecular complexity index is 1000. The van der Waals surface area contributed by atoms with Gasteiger partial charge in [-0.1, -0.05) is 12.5 Å². The van der Waals surface area contributed by atoms with E-state index in [-0.39, 0.29) is 11.7 Å². The fraction of sp³-hybridized carbons (Fsp3) is 0.680. The van der Waals surface area contributed by atoms with E-state index in [1.165, 1.54) is 5.57 Å². The molecule has 172 valence electrons. The van der Waals surface area contributed by atoms with Gasteiger partial charge in [0, 0.05) is 11.8 Å². The van der Waals surface area contributed by atoms with E-state index >= 15 is 0 Å². The van der Waals surface area contributed by atoms with Crippen LogP contribution in [-0.2, 0) is 19.1 Å². The number of furan rings is 1. The van der Waals surface area contributed by atoms with Crippen LogP contribution < -0.4 is 0 Å². The molecule has 8 atom stereocenters. The summed E-state index contributed by atoms with van der Waals surface area (Å²) in [6, 6.07) is 3.52. The Labute approximate surface area is 195 Å². The predicted molar refractivity (Wildman–Crippen MR) is 116 cm³/mol. The lowest BCUT2D eigenvalue weighted by Crippen LogP contribution is -2.59. The summed E-state index contributed by atoms with van der Waals surface area (Å²) < 4.78 is 32.9. The lowest BCUT2D eigenvalue weighted by Gasteiger charge is -2.55. The first-order chi connectivity index (χ1) is 15.4. The van der Waals surface area contributed by atoms with Crippen molar-refractivity contribution in [3.8, 4) is 0 Å². The number of carbonyl (C=O) groups excluding carboxylic acids is 2. The van der Waals surface area contributed by atoms with Crippen molar-refractivity contribution in [2.45, 2.75) is 69.9 Å². The third kappa shape index (κ3) is 2.73. The van der Waals surface area contributed by atoms with Crippen molar-refractivity contribution in [1.29, 1.82) is 0 Å². The summed E-state index contributed by atoms with van der Waals surface area (Å²) >= 11 is 3.30. The first kappa shape index (κ1) is 21.2. The Hall–Kier alpha value is -1.31. The summed E-state index contributed by atoms with van der Waals surface area (Å²) in [7, 11) is 0. The molecule has 0 spiro atoms. The number of ether oxygens (including phenoxy) is 2. The molecule has 0 amide bonds. The van der Waals surface area contributed by atoms with Crippen LogP contribution in [0.5, 0.6) is 0 Å². The van der Waals surface area contributed by atoms with Crippen LogP contribution in [0.4, 0.5) is 4.39 Å². The minimum absolute atomic E-state index is 0.241. The average Bonchev–Trinajstić information content (AvgIpc) is 3.44. The van der Waals surface area contributed by atoms with Gasteiger partial charge in [0.05, 0.1) is 6.10 Å². The number of hydrogen-bond donors (Lipinski definition) is 0. The lowest BCUT2D eigenvalue weighted by atomic mass is 9.50. The van der Waals surface area contributed by atoms with Crippen LogP contribution in [0.3, 0.4) is 0 Å². The van der Waals surface area contributed by atoms with Crippen molar-refractivity contribution >= 4 is 27.5 Å². The van der Waals surface area contributed by atoms with E-state index in [4.69, 9.17) is 13.9 Å². The molecule has 5 nitrogen and oxygen atoms in total. The second-order valence-electron chi connectivity index (χ2n) is 10.5. The average molecular weight is 507 g/mol. The number of halogens is 2. The van der Waals surface area contributed by atoms with Crippen molar-refractivity contribution in [1.82, 2.24) is 0 Å². The van der Waals surface area contributed by atoms with E-state index in [0.717, 1.165) is 32.1 Å². The van der Waals surface area contributed by atoms with Crippen molar-refractivity contribution < 1.29 is 27.9 Å². The molecule has 0 N–H and O–H groups in total. The predicted octanol–water partition coefficient (Wildman–Crippen LogP) is 5.49. The molecule has 5 aliphatic rings. The van der Waals surface area contributed by atoms with Gasteiger partial charge in [-0.15, -0.1) is 0 Å². The molecule has 3 saturated carbocycles. The second kappa shape index (κ2) is 7.34. The van der Waals surface area contributed by atoms with Gasteiger partial charge in [0.25, 0.3) is 0 Å². The summed E-state index contributed by atoms with van der Waals surface area (Å²) in [5, 5.41) is 0. The zero-order chi connectivity index (χ0) is 22.3. The number of ketones is 2. The molecule has 4 fully saturated rings. The van der Waals surface area contributed by atoms with Crippen molar-refractivity contribution in [2.24, 2.45) is 29.1 Å². The van der Waals surface area contributed by atoms with Crippen molar-refractivity contribution in [2.75, 3.05) is 6.67 Å². The highest BCUT2D eigenvalue weighted by Crippen LogP contribution is 2.69. The van der Waals surface area contributed by atoms with Gasteiger partial charge in [-0.2, -0.15) is 0 Å². The van der Waals surface area contributed by atoms with Gasteiger partial charge in [0.1, 0.15) is 0 Å². The van der Waals surface area contributed by atoms with E-state index in [0.29, 0.717) is 41.0 Å². The maximum atomic E-state index is 14.0. The molecule has 32 heavy (non-hydrogen) atoms. The number of carbonyl (C=O) groups is 2. The molecule has 4 aliphatic carbocycles. The maximum Gasteiger partial charge on any atom is 0.218 e. The minimum Gasteiger partial charge on any atom is -0.449 e. The summed E-state index contributed by atoms with van der Waals surface area (Å²) in [6.45, 7) is 1.07. The minimum atomic E-state index is -1.28. The molecule has 1 saturated heterocycles. The van der Waals surface area contributed by atoms with Crippen LogP contribution >= 0.6 is 15.9 Å². The van der Waals surface area contributed by atoms with Crippen LogP contribution in [0.25, 0.3) is 0 Å². The number of hydrogen-bond acceptors (Lipinski definition) is 5. The Morgan fingerprint density at radius 1 is 1.22 bits per heavy atom. The van der Waals surface area contributed by atoms with E-state index in [1.807, 2.05) is 6.08 Å². The molecular weight excluding hydrogens is 479 g/mol. The highest BCUT2D eigenvalue weighted by Gasteiger charge is 2.74.